The average Bonchev–Trinajstić information content (AvgIpc) is 2.88. The zero-order valence-corrected chi connectivity index (χ0v) is 21.4. The summed E-state index contributed by atoms with van der Waals surface area (Å²) in [7, 11) is 0. The van der Waals surface area contributed by atoms with E-state index in [9.17, 15) is 4.39 Å². The lowest BCUT2D eigenvalue weighted by atomic mass is 9.83. The van der Waals surface area contributed by atoms with Crippen molar-refractivity contribution in [3.05, 3.63) is 94.3 Å². The molecule has 188 valence electrons. The molecular weight excluding hydrogens is 477 g/mol. The van der Waals surface area contributed by atoms with Crippen LogP contribution in [0.2, 0.25) is 5.02 Å². The number of benzene rings is 3. The highest BCUT2D eigenvalue weighted by Crippen LogP contribution is 2.38. The Morgan fingerprint density at radius 3 is 2.44 bits per heavy atom. The predicted octanol–water partition coefficient (Wildman–Crippen LogP) is 5.56. The molecule has 1 fully saturated rings. The van der Waals surface area contributed by atoms with Gasteiger partial charge in [0.25, 0.3) is 0 Å². The standard InChI is InChI=1S/C29H31ClFN3O2/c1-29(2,23-7-3-21(18-32)4-8-23)20-33-13-14-34(28(19-33)22-5-9-24(31)10-6-22)27-12-11-25(17-26(27)30)36-16-15-35/h3-12,17,28,35H,13-16,19-20H2,1-2H3/t28-/m0/s1. The molecule has 3 aromatic rings. The number of aliphatic hydroxyl groups is 1. The molecule has 0 saturated carbocycles. The Morgan fingerprint density at radius 2 is 1.81 bits per heavy atom. The highest BCUT2D eigenvalue weighted by Gasteiger charge is 2.33. The van der Waals surface area contributed by atoms with E-state index in [1.165, 1.54) is 17.7 Å². The summed E-state index contributed by atoms with van der Waals surface area (Å²) in [5.41, 5.74) is 3.64. The molecule has 1 saturated heterocycles. The van der Waals surface area contributed by atoms with Gasteiger partial charge in [-0.1, -0.05) is 49.7 Å². The van der Waals surface area contributed by atoms with Gasteiger partial charge in [0.15, 0.2) is 0 Å². The molecule has 1 atom stereocenters. The van der Waals surface area contributed by atoms with Crippen LogP contribution in [0.5, 0.6) is 5.75 Å². The van der Waals surface area contributed by atoms with Crippen LogP contribution in [-0.2, 0) is 5.41 Å². The predicted molar refractivity (Wildman–Crippen MR) is 141 cm³/mol. The molecule has 7 heteroatoms. The van der Waals surface area contributed by atoms with Crippen LogP contribution in [0.25, 0.3) is 0 Å². The Morgan fingerprint density at radius 1 is 1.08 bits per heavy atom. The van der Waals surface area contributed by atoms with E-state index in [2.05, 4.69) is 29.7 Å². The van der Waals surface area contributed by atoms with Gasteiger partial charge >= 0.3 is 0 Å². The fourth-order valence-electron chi connectivity index (χ4n) is 4.86. The van der Waals surface area contributed by atoms with E-state index >= 15 is 0 Å². The fourth-order valence-corrected chi connectivity index (χ4v) is 5.14. The second kappa shape index (κ2) is 11.3. The van der Waals surface area contributed by atoms with Crippen molar-refractivity contribution in [2.45, 2.75) is 25.3 Å². The minimum Gasteiger partial charge on any atom is -0.491 e. The minimum atomic E-state index is -0.261. The maximum absolute atomic E-state index is 13.7. The zero-order valence-electron chi connectivity index (χ0n) is 20.6. The molecule has 0 bridgehead atoms. The molecule has 1 N–H and O–H groups in total. The molecule has 5 nitrogen and oxygen atoms in total. The monoisotopic (exact) mass is 507 g/mol. The number of aliphatic hydroxyl groups excluding tert-OH is 1. The Kier molecular flexibility index (Phi) is 8.15. The van der Waals surface area contributed by atoms with Crippen molar-refractivity contribution in [2.24, 2.45) is 0 Å². The number of ether oxygens (including phenoxy) is 1. The molecular formula is C29H31ClFN3O2. The Hall–Kier alpha value is -3.11. The van der Waals surface area contributed by atoms with Crippen LogP contribution in [0.4, 0.5) is 10.1 Å². The molecule has 0 aromatic heterocycles. The molecule has 1 aliphatic rings. The van der Waals surface area contributed by atoms with Gasteiger partial charge in [0, 0.05) is 37.7 Å². The summed E-state index contributed by atoms with van der Waals surface area (Å²) in [5.74, 6) is 0.349. The highest BCUT2D eigenvalue weighted by molar-refractivity contribution is 6.33. The van der Waals surface area contributed by atoms with Gasteiger partial charge < -0.3 is 14.7 Å². The van der Waals surface area contributed by atoms with Crippen molar-refractivity contribution in [2.75, 3.05) is 44.3 Å². The van der Waals surface area contributed by atoms with Crippen molar-refractivity contribution < 1.29 is 14.2 Å². The van der Waals surface area contributed by atoms with Gasteiger partial charge in [0.2, 0.25) is 0 Å². The van der Waals surface area contributed by atoms with Gasteiger partial charge in [-0.3, -0.25) is 4.90 Å². The van der Waals surface area contributed by atoms with E-state index in [1.807, 2.05) is 48.5 Å². The zero-order chi connectivity index (χ0) is 25.7. The Labute approximate surface area is 217 Å². The molecule has 3 aromatic carbocycles. The lowest BCUT2D eigenvalue weighted by molar-refractivity contribution is 0.186. The number of hydrogen-bond acceptors (Lipinski definition) is 5. The molecule has 0 amide bonds. The first-order valence-electron chi connectivity index (χ1n) is 12.1. The van der Waals surface area contributed by atoms with Crippen LogP contribution < -0.4 is 9.64 Å². The first kappa shape index (κ1) is 26.0. The number of anilines is 1. The van der Waals surface area contributed by atoms with Crippen molar-refractivity contribution >= 4 is 17.3 Å². The van der Waals surface area contributed by atoms with Crippen LogP contribution in [0, 0.1) is 17.1 Å². The van der Waals surface area contributed by atoms with Gasteiger partial charge in [-0.15, -0.1) is 0 Å². The highest BCUT2D eigenvalue weighted by atomic mass is 35.5. The van der Waals surface area contributed by atoms with E-state index in [1.54, 1.807) is 6.07 Å². The number of piperazine rings is 1. The second-order valence-corrected chi connectivity index (χ2v) is 10.2. The third kappa shape index (κ3) is 5.99. The van der Waals surface area contributed by atoms with Crippen LogP contribution >= 0.6 is 11.6 Å². The van der Waals surface area contributed by atoms with Crippen molar-refractivity contribution in [1.29, 1.82) is 5.26 Å². The van der Waals surface area contributed by atoms with E-state index in [0.717, 1.165) is 37.4 Å². The lowest BCUT2D eigenvalue weighted by Gasteiger charge is -2.45. The number of rotatable bonds is 8. The molecule has 0 spiro atoms. The van der Waals surface area contributed by atoms with Crippen molar-refractivity contribution in [3.63, 3.8) is 0 Å². The smallest absolute Gasteiger partial charge is 0.123 e. The molecule has 1 aliphatic heterocycles. The van der Waals surface area contributed by atoms with E-state index in [0.29, 0.717) is 16.3 Å². The second-order valence-electron chi connectivity index (χ2n) is 9.75. The third-order valence-electron chi connectivity index (χ3n) is 6.72. The number of halogens is 2. The van der Waals surface area contributed by atoms with Gasteiger partial charge in [0.05, 0.1) is 35.0 Å². The summed E-state index contributed by atoms with van der Waals surface area (Å²) in [6.45, 7) is 7.77. The van der Waals surface area contributed by atoms with E-state index in [-0.39, 0.29) is 30.5 Å². The topological polar surface area (TPSA) is 59.7 Å². The van der Waals surface area contributed by atoms with Gasteiger partial charge in [-0.2, -0.15) is 5.26 Å². The molecule has 0 unspecified atom stereocenters. The van der Waals surface area contributed by atoms with Gasteiger partial charge in [-0.25, -0.2) is 4.39 Å². The van der Waals surface area contributed by atoms with Gasteiger partial charge in [0.1, 0.15) is 18.2 Å². The quantitative estimate of drug-likeness (QED) is 0.432. The Bertz CT molecular complexity index is 1210. The summed E-state index contributed by atoms with van der Waals surface area (Å²) in [4.78, 5) is 4.71. The van der Waals surface area contributed by atoms with Gasteiger partial charge in [-0.05, 0) is 47.5 Å². The number of nitrogens with zero attached hydrogens (tertiary/aromatic N) is 3. The van der Waals surface area contributed by atoms with Crippen LogP contribution in [-0.4, -0.2) is 49.4 Å². The van der Waals surface area contributed by atoms with E-state index in [4.69, 9.17) is 26.7 Å². The first-order valence-corrected chi connectivity index (χ1v) is 12.5. The molecule has 0 radical (unpaired) electrons. The number of nitriles is 1. The van der Waals surface area contributed by atoms with Crippen molar-refractivity contribution in [3.8, 4) is 11.8 Å². The fraction of sp³-hybridized carbons (Fsp3) is 0.345. The Balaban J connectivity index is 1.58. The average molecular weight is 508 g/mol. The molecule has 1 heterocycles. The molecule has 36 heavy (non-hydrogen) atoms. The maximum atomic E-state index is 13.7. The largest absolute Gasteiger partial charge is 0.491 e. The summed E-state index contributed by atoms with van der Waals surface area (Å²) in [5, 5.41) is 18.7. The van der Waals surface area contributed by atoms with Crippen LogP contribution in [0.3, 0.4) is 0 Å². The summed E-state index contributed by atoms with van der Waals surface area (Å²) < 4.78 is 19.2. The molecule has 0 aliphatic carbocycles. The third-order valence-corrected chi connectivity index (χ3v) is 7.02. The van der Waals surface area contributed by atoms with Crippen LogP contribution in [0.1, 0.15) is 36.6 Å². The lowest BCUT2D eigenvalue weighted by Crippen LogP contribution is -2.51. The molecule has 4 rings (SSSR count). The SMILES string of the molecule is CC(C)(CN1CCN(c2ccc(OCCO)cc2Cl)[C@H](c2ccc(F)cc2)C1)c1ccc(C#N)cc1. The maximum Gasteiger partial charge on any atom is 0.123 e. The minimum absolute atomic E-state index is 0.0159. The van der Waals surface area contributed by atoms with Crippen LogP contribution in [0.15, 0.2) is 66.7 Å². The van der Waals surface area contributed by atoms with Crippen molar-refractivity contribution in [1.82, 2.24) is 4.90 Å². The van der Waals surface area contributed by atoms with E-state index < -0.39 is 0 Å². The number of hydrogen-bond donors (Lipinski definition) is 1. The first-order chi connectivity index (χ1) is 17.3. The normalized spacial score (nSPS) is 16.6. The summed E-state index contributed by atoms with van der Waals surface area (Å²) in [6.07, 6.45) is 0. The summed E-state index contributed by atoms with van der Waals surface area (Å²) >= 11 is 6.69. The summed E-state index contributed by atoms with van der Waals surface area (Å²) in [6, 6.07) is 22.2.